The van der Waals surface area contributed by atoms with Crippen LogP contribution in [0.15, 0.2) is 49.2 Å². The van der Waals surface area contributed by atoms with Crippen molar-refractivity contribution in [2.24, 2.45) is 0 Å². The quantitative estimate of drug-likeness (QED) is 0.692. The monoisotopic (exact) mass is 378 g/mol. The van der Waals surface area contributed by atoms with Crippen LogP contribution in [0.3, 0.4) is 0 Å². The van der Waals surface area contributed by atoms with Crippen molar-refractivity contribution in [2.75, 3.05) is 0 Å². The summed E-state index contributed by atoms with van der Waals surface area (Å²) in [5, 5.41) is 2.98. The summed E-state index contributed by atoms with van der Waals surface area (Å²) in [5.74, 6) is -1.05. The van der Waals surface area contributed by atoms with E-state index in [0.29, 0.717) is 16.5 Å². The predicted molar refractivity (Wildman–Crippen MR) is 102 cm³/mol. The first-order valence-electron chi connectivity index (χ1n) is 8.68. The molecule has 0 saturated heterocycles. The van der Waals surface area contributed by atoms with Gasteiger partial charge in [-0.3, -0.25) is 19.5 Å². The minimum absolute atomic E-state index is 0.162. The molecule has 0 saturated carbocycles. The standard InChI is InChI=1S/C20H18N4O4/c1-20(2,3)28-19(27)24-10-13(12-6-4-5-7-14(12)24)15-16(18(26)22-17(15)25)23-9-8-21-11-23/h4-11H,1-3H3,(H,22,25,26). The second-order valence-electron chi connectivity index (χ2n) is 7.39. The predicted octanol–water partition coefficient (Wildman–Crippen LogP) is 2.65. The fraction of sp³-hybridized carbons (Fsp3) is 0.200. The van der Waals surface area contributed by atoms with Gasteiger partial charge in [0.25, 0.3) is 11.8 Å². The summed E-state index contributed by atoms with van der Waals surface area (Å²) in [7, 11) is 0. The zero-order valence-electron chi connectivity index (χ0n) is 15.6. The molecule has 0 atom stereocenters. The molecule has 1 aliphatic rings. The van der Waals surface area contributed by atoms with E-state index in [-0.39, 0.29) is 11.3 Å². The number of ether oxygens (including phenoxy) is 1. The van der Waals surface area contributed by atoms with E-state index in [4.69, 9.17) is 4.74 Å². The Morgan fingerprint density at radius 2 is 1.89 bits per heavy atom. The van der Waals surface area contributed by atoms with E-state index in [9.17, 15) is 14.4 Å². The number of imide groups is 1. The molecule has 3 aromatic rings. The average Bonchev–Trinajstić information content (AvgIpc) is 3.30. The summed E-state index contributed by atoms with van der Waals surface area (Å²) in [5.41, 5.74) is 0.714. The zero-order chi connectivity index (χ0) is 20.1. The summed E-state index contributed by atoms with van der Waals surface area (Å²) >= 11 is 0. The molecule has 2 amide bonds. The fourth-order valence-electron chi connectivity index (χ4n) is 3.17. The third-order valence-corrected chi connectivity index (χ3v) is 4.24. The van der Waals surface area contributed by atoms with Crippen LogP contribution in [0.1, 0.15) is 26.3 Å². The van der Waals surface area contributed by atoms with Crippen LogP contribution in [0.4, 0.5) is 4.79 Å². The normalized spacial score (nSPS) is 14.7. The number of hydrogen-bond donors (Lipinski definition) is 1. The molecule has 28 heavy (non-hydrogen) atoms. The van der Waals surface area contributed by atoms with Crippen LogP contribution in [0.5, 0.6) is 0 Å². The molecule has 1 N–H and O–H groups in total. The number of nitrogens with zero attached hydrogens (tertiary/aromatic N) is 3. The highest BCUT2D eigenvalue weighted by Crippen LogP contribution is 2.34. The van der Waals surface area contributed by atoms with Gasteiger partial charge >= 0.3 is 6.09 Å². The molecule has 8 heteroatoms. The molecule has 3 heterocycles. The molecule has 0 unspecified atom stereocenters. The number of carbonyl (C=O) groups is 3. The lowest BCUT2D eigenvalue weighted by molar-refractivity contribution is -0.122. The summed E-state index contributed by atoms with van der Waals surface area (Å²) in [6.07, 6.45) is 5.51. The molecule has 2 aromatic heterocycles. The van der Waals surface area contributed by atoms with E-state index in [2.05, 4.69) is 10.3 Å². The molecule has 1 aromatic carbocycles. The number of benzene rings is 1. The van der Waals surface area contributed by atoms with Gasteiger partial charge in [0, 0.05) is 29.5 Å². The van der Waals surface area contributed by atoms with Gasteiger partial charge in [-0.25, -0.2) is 9.78 Å². The Kier molecular flexibility index (Phi) is 3.92. The first-order chi connectivity index (χ1) is 13.3. The molecule has 8 nitrogen and oxygen atoms in total. The molecular weight excluding hydrogens is 360 g/mol. The van der Waals surface area contributed by atoms with E-state index in [1.807, 2.05) is 0 Å². The molecule has 1 aliphatic heterocycles. The Balaban J connectivity index is 1.96. The van der Waals surface area contributed by atoms with Gasteiger partial charge in [-0.2, -0.15) is 0 Å². The SMILES string of the molecule is CC(C)(C)OC(=O)n1cc(C2=C(n3ccnc3)C(=O)NC2=O)c2ccccc21. The number of hydrogen-bond acceptors (Lipinski definition) is 5. The number of rotatable bonds is 2. The van der Waals surface area contributed by atoms with Crippen LogP contribution in [0, 0.1) is 0 Å². The molecule has 0 radical (unpaired) electrons. The molecule has 0 bridgehead atoms. The number of carbonyl (C=O) groups excluding carboxylic acids is 3. The van der Waals surface area contributed by atoms with Crippen molar-refractivity contribution in [3.63, 3.8) is 0 Å². The Morgan fingerprint density at radius 3 is 2.57 bits per heavy atom. The van der Waals surface area contributed by atoms with Crippen LogP contribution < -0.4 is 5.32 Å². The second-order valence-corrected chi connectivity index (χ2v) is 7.39. The molecule has 4 rings (SSSR count). The highest BCUT2D eigenvalue weighted by Gasteiger charge is 2.34. The van der Waals surface area contributed by atoms with Gasteiger partial charge in [0.2, 0.25) is 0 Å². The first kappa shape index (κ1) is 17.7. The van der Waals surface area contributed by atoms with Crippen molar-refractivity contribution in [1.82, 2.24) is 19.4 Å². The summed E-state index contributed by atoms with van der Waals surface area (Å²) in [6, 6.07) is 7.14. The van der Waals surface area contributed by atoms with Crippen LogP contribution in [-0.2, 0) is 14.3 Å². The lowest BCUT2D eigenvalue weighted by atomic mass is 10.0. The number of fused-ring (bicyclic) bond motifs is 1. The number of nitrogens with one attached hydrogen (secondary N) is 1. The smallest absolute Gasteiger partial charge is 0.419 e. The third-order valence-electron chi connectivity index (χ3n) is 4.24. The van der Waals surface area contributed by atoms with Crippen molar-refractivity contribution in [3.8, 4) is 0 Å². The van der Waals surface area contributed by atoms with Gasteiger partial charge < -0.3 is 9.30 Å². The van der Waals surface area contributed by atoms with Gasteiger partial charge in [0.1, 0.15) is 11.3 Å². The summed E-state index contributed by atoms with van der Waals surface area (Å²) in [4.78, 5) is 41.6. The fourth-order valence-corrected chi connectivity index (χ4v) is 3.17. The highest BCUT2D eigenvalue weighted by atomic mass is 16.6. The highest BCUT2D eigenvalue weighted by molar-refractivity contribution is 6.47. The Hall–Kier alpha value is -3.68. The average molecular weight is 378 g/mol. The zero-order valence-corrected chi connectivity index (χ0v) is 15.6. The molecule has 0 fully saturated rings. The maximum absolute atomic E-state index is 12.7. The van der Waals surface area contributed by atoms with Crippen molar-refractivity contribution in [1.29, 1.82) is 0 Å². The summed E-state index contributed by atoms with van der Waals surface area (Å²) < 4.78 is 8.31. The van der Waals surface area contributed by atoms with Gasteiger partial charge in [-0.15, -0.1) is 0 Å². The largest absolute Gasteiger partial charge is 0.443 e. The number of para-hydroxylation sites is 1. The molecule has 142 valence electrons. The van der Waals surface area contributed by atoms with Crippen LogP contribution in [0.25, 0.3) is 22.2 Å². The maximum atomic E-state index is 12.7. The van der Waals surface area contributed by atoms with E-state index in [0.717, 1.165) is 0 Å². The lowest BCUT2D eigenvalue weighted by Crippen LogP contribution is -2.26. The second kappa shape index (κ2) is 6.19. The third kappa shape index (κ3) is 2.88. The van der Waals surface area contributed by atoms with Crippen LogP contribution in [0.2, 0.25) is 0 Å². The summed E-state index contributed by atoms with van der Waals surface area (Å²) in [6.45, 7) is 5.33. The minimum atomic E-state index is -0.676. The van der Waals surface area contributed by atoms with Gasteiger partial charge in [-0.1, -0.05) is 18.2 Å². The maximum Gasteiger partial charge on any atom is 0.419 e. The van der Waals surface area contributed by atoms with E-state index < -0.39 is 23.5 Å². The Morgan fingerprint density at radius 1 is 1.14 bits per heavy atom. The molecule has 0 aliphatic carbocycles. The lowest BCUT2D eigenvalue weighted by Gasteiger charge is -2.19. The number of amides is 2. The van der Waals surface area contributed by atoms with Crippen LogP contribution in [-0.4, -0.2) is 37.6 Å². The number of imidazole rings is 1. The Labute approximate surface area is 160 Å². The number of aromatic nitrogens is 3. The topological polar surface area (TPSA) is 95.2 Å². The van der Waals surface area contributed by atoms with Crippen molar-refractivity contribution in [3.05, 3.63) is 54.7 Å². The van der Waals surface area contributed by atoms with E-state index in [1.54, 1.807) is 51.2 Å². The van der Waals surface area contributed by atoms with Crippen molar-refractivity contribution in [2.45, 2.75) is 26.4 Å². The molecular formula is C20H18N4O4. The van der Waals surface area contributed by atoms with Crippen molar-refractivity contribution < 1.29 is 19.1 Å². The van der Waals surface area contributed by atoms with Gasteiger partial charge in [0.05, 0.1) is 17.4 Å². The minimum Gasteiger partial charge on any atom is -0.443 e. The van der Waals surface area contributed by atoms with E-state index >= 15 is 0 Å². The Bertz CT molecular complexity index is 1150. The molecule has 0 spiro atoms. The van der Waals surface area contributed by atoms with E-state index in [1.165, 1.54) is 27.9 Å². The van der Waals surface area contributed by atoms with Crippen LogP contribution >= 0.6 is 0 Å². The van der Waals surface area contributed by atoms with Gasteiger partial charge in [-0.05, 0) is 26.8 Å². The van der Waals surface area contributed by atoms with Crippen molar-refractivity contribution >= 4 is 40.1 Å². The first-order valence-corrected chi connectivity index (χ1v) is 8.68. The van der Waals surface area contributed by atoms with Gasteiger partial charge in [0.15, 0.2) is 0 Å².